The van der Waals surface area contributed by atoms with E-state index in [4.69, 9.17) is 4.74 Å². The third-order valence-corrected chi connectivity index (χ3v) is 6.68. The van der Waals surface area contributed by atoms with Crippen LogP contribution in [0.4, 0.5) is 5.69 Å². The number of benzene rings is 1. The molecule has 1 aromatic carbocycles. The molecule has 1 amide bonds. The summed E-state index contributed by atoms with van der Waals surface area (Å²) in [6.45, 7) is 5.60. The summed E-state index contributed by atoms with van der Waals surface area (Å²) < 4.78 is 5.49. The van der Waals surface area contributed by atoms with Gasteiger partial charge >= 0.3 is 0 Å². The Labute approximate surface area is 168 Å². The van der Waals surface area contributed by atoms with E-state index in [1.54, 1.807) is 12.0 Å². The lowest BCUT2D eigenvalue weighted by Crippen LogP contribution is -3.19. The maximum atomic E-state index is 13.2. The van der Waals surface area contributed by atoms with Crippen LogP contribution in [-0.4, -0.2) is 62.7 Å². The van der Waals surface area contributed by atoms with Crippen LogP contribution in [0, 0.1) is 11.3 Å². The zero-order valence-electron chi connectivity index (χ0n) is 17.4. The Kier molecular flexibility index (Phi) is 6.46. The number of nitriles is 1. The van der Waals surface area contributed by atoms with E-state index in [1.807, 2.05) is 32.2 Å². The quantitative estimate of drug-likeness (QED) is 0.834. The van der Waals surface area contributed by atoms with Crippen LogP contribution >= 0.6 is 0 Å². The normalized spacial score (nSPS) is 20.9. The molecule has 152 valence electrons. The van der Waals surface area contributed by atoms with Crippen LogP contribution in [0.15, 0.2) is 24.3 Å². The van der Waals surface area contributed by atoms with Gasteiger partial charge in [0.15, 0.2) is 6.04 Å². The smallest absolute Gasteiger partial charge is 0.281 e. The molecule has 1 heterocycles. The molecule has 3 rings (SSSR count). The molecule has 1 aromatic rings. The van der Waals surface area contributed by atoms with Crippen LogP contribution < -0.4 is 14.5 Å². The van der Waals surface area contributed by atoms with E-state index in [1.165, 1.54) is 4.90 Å². The molecular weight excluding hydrogens is 352 g/mol. The topological polar surface area (TPSA) is 61.0 Å². The van der Waals surface area contributed by atoms with Crippen molar-refractivity contribution in [2.24, 2.45) is 0 Å². The zero-order chi connectivity index (χ0) is 20.1. The average Bonchev–Trinajstić information content (AvgIpc) is 2.78. The monoisotopic (exact) mass is 385 g/mol. The SMILES string of the molecule is COc1ccccc1N1CC[NH+]([C@H](C)C(=O)N(C)C2(C#N)CCCCC2)CC1. The first kappa shape index (κ1) is 20.5. The first-order valence-corrected chi connectivity index (χ1v) is 10.4. The minimum Gasteiger partial charge on any atom is -0.495 e. The highest BCUT2D eigenvalue weighted by molar-refractivity contribution is 5.81. The van der Waals surface area contributed by atoms with Crippen molar-refractivity contribution >= 4 is 11.6 Å². The molecular formula is C22H33N4O2+. The van der Waals surface area contributed by atoms with Gasteiger partial charge in [-0.2, -0.15) is 5.26 Å². The molecule has 0 bridgehead atoms. The van der Waals surface area contributed by atoms with Crippen LogP contribution in [0.5, 0.6) is 5.75 Å². The fourth-order valence-corrected chi connectivity index (χ4v) is 4.69. The third-order valence-electron chi connectivity index (χ3n) is 6.68. The van der Waals surface area contributed by atoms with Crippen LogP contribution in [0.2, 0.25) is 0 Å². The second-order valence-electron chi connectivity index (χ2n) is 8.14. The van der Waals surface area contributed by atoms with Crippen molar-refractivity contribution in [3.8, 4) is 11.8 Å². The van der Waals surface area contributed by atoms with Gasteiger partial charge in [0.1, 0.15) is 11.3 Å². The molecule has 28 heavy (non-hydrogen) atoms. The molecule has 1 saturated carbocycles. The lowest BCUT2D eigenvalue weighted by Gasteiger charge is -2.42. The number of likely N-dealkylation sites (N-methyl/N-ethyl adjacent to an activating group) is 1. The summed E-state index contributed by atoms with van der Waals surface area (Å²) in [5.74, 6) is 0.993. The van der Waals surface area contributed by atoms with E-state index in [2.05, 4.69) is 17.0 Å². The number of rotatable bonds is 5. The second-order valence-corrected chi connectivity index (χ2v) is 8.14. The van der Waals surface area contributed by atoms with Crippen molar-refractivity contribution in [1.29, 1.82) is 5.26 Å². The highest BCUT2D eigenvalue weighted by atomic mass is 16.5. The van der Waals surface area contributed by atoms with Gasteiger partial charge in [0.05, 0.1) is 45.0 Å². The number of para-hydroxylation sites is 2. The zero-order valence-corrected chi connectivity index (χ0v) is 17.4. The van der Waals surface area contributed by atoms with Crippen molar-refractivity contribution in [2.45, 2.75) is 50.6 Å². The molecule has 1 saturated heterocycles. The van der Waals surface area contributed by atoms with Gasteiger partial charge in [-0.1, -0.05) is 31.4 Å². The number of hydrogen-bond acceptors (Lipinski definition) is 4. The molecule has 2 fully saturated rings. The van der Waals surface area contributed by atoms with Gasteiger partial charge in [-0.25, -0.2) is 0 Å². The average molecular weight is 386 g/mol. The number of methoxy groups -OCH3 is 1. The summed E-state index contributed by atoms with van der Waals surface area (Å²) in [4.78, 5) is 18.6. The minimum absolute atomic E-state index is 0.101. The molecule has 0 unspecified atom stereocenters. The lowest BCUT2D eigenvalue weighted by atomic mass is 9.81. The van der Waals surface area contributed by atoms with Crippen LogP contribution in [0.1, 0.15) is 39.0 Å². The maximum absolute atomic E-state index is 13.2. The van der Waals surface area contributed by atoms with Crippen LogP contribution in [-0.2, 0) is 4.79 Å². The van der Waals surface area contributed by atoms with Gasteiger partial charge in [-0.3, -0.25) is 4.79 Å². The molecule has 1 aliphatic carbocycles. The Morgan fingerprint density at radius 2 is 1.89 bits per heavy atom. The van der Waals surface area contributed by atoms with Crippen molar-refractivity contribution in [3.63, 3.8) is 0 Å². The van der Waals surface area contributed by atoms with Crippen molar-refractivity contribution in [1.82, 2.24) is 4.90 Å². The van der Waals surface area contributed by atoms with Crippen molar-refractivity contribution < 1.29 is 14.4 Å². The Morgan fingerprint density at radius 1 is 1.25 bits per heavy atom. The predicted molar refractivity (Wildman–Crippen MR) is 110 cm³/mol. The van der Waals surface area contributed by atoms with Crippen LogP contribution in [0.25, 0.3) is 0 Å². The standard InChI is InChI=1S/C22H32N4O2/c1-18(21(27)24(2)22(17-23)11-7-4-8-12-22)25-13-15-26(16-14-25)19-9-5-6-10-20(19)28-3/h5-6,9-10,18H,4,7-8,11-16H2,1-3H3/p+1/t18-/m1/s1. The van der Waals surface area contributed by atoms with Gasteiger partial charge in [0.25, 0.3) is 5.91 Å². The third kappa shape index (κ3) is 3.95. The van der Waals surface area contributed by atoms with E-state index in [0.29, 0.717) is 0 Å². The number of ether oxygens (including phenoxy) is 1. The molecule has 0 spiro atoms. The van der Waals surface area contributed by atoms with Crippen molar-refractivity contribution in [2.75, 3.05) is 45.2 Å². The van der Waals surface area contributed by atoms with E-state index in [-0.39, 0.29) is 11.9 Å². The Hall–Kier alpha value is -2.26. The maximum Gasteiger partial charge on any atom is 0.281 e. The summed E-state index contributed by atoms with van der Waals surface area (Å²) in [7, 11) is 3.53. The fourth-order valence-electron chi connectivity index (χ4n) is 4.69. The number of hydrogen-bond donors (Lipinski definition) is 1. The Balaban J connectivity index is 1.62. The number of amides is 1. The largest absolute Gasteiger partial charge is 0.495 e. The predicted octanol–water partition coefficient (Wildman–Crippen LogP) is 1.47. The molecule has 1 aliphatic heterocycles. The first-order chi connectivity index (χ1) is 13.5. The molecule has 1 atom stereocenters. The Bertz CT molecular complexity index is 715. The number of carbonyl (C=O) groups is 1. The number of piperazine rings is 1. The van der Waals surface area contributed by atoms with Gasteiger partial charge in [0.2, 0.25) is 0 Å². The number of nitrogens with one attached hydrogen (secondary N) is 1. The Morgan fingerprint density at radius 3 is 2.50 bits per heavy atom. The van der Waals surface area contributed by atoms with Gasteiger partial charge in [-0.15, -0.1) is 0 Å². The molecule has 2 aliphatic rings. The summed E-state index contributed by atoms with van der Waals surface area (Å²) in [6, 6.07) is 10.4. The van der Waals surface area contributed by atoms with E-state index < -0.39 is 5.54 Å². The minimum atomic E-state index is -0.609. The van der Waals surface area contributed by atoms with Gasteiger partial charge in [0, 0.05) is 7.05 Å². The highest BCUT2D eigenvalue weighted by Gasteiger charge is 2.42. The first-order valence-electron chi connectivity index (χ1n) is 10.4. The summed E-state index contributed by atoms with van der Waals surface area (Å²) in [6.07, 6.45) is 4.83. The number of nitrogens with zero attached hydrogens (tertiary/aromatic N) is 3. The number of quaternary nitrogens is 1. The fraction of sp³-hybridized carbons (Fsp3) is 0.636. The summed E-state index contributed by atoms with van der Waals surface area (Å²) in [5.41, 5.74) is 0.508. The second kappa shape index (κ2) is 8.83. The highest BCUT2D eigenvalue weighted by Crippen LogP contribution is 2.32. The lowest BCUT2D eigenvalue weighted by molar-refractivity contribution is -0.915. The molecule has 0 aromatic heterocycles. The van der Waals surface area contributed by atoms with E-state index in [0.717, 1.165) is 69.7 Å². The van der Waals surface area contributed by atoms with E-state index >= 15 is 0 Å². The molecule has 0 radical (unpaired) electrons. The van der Waals surface area contributed by atoms with Gasteiger partial charge in [-0.05, 0) is 31.9 Å². The number of anilines is 1. The summed E-state index contributed by atoms with van der Waals surface area (Å²) in [5, 5.41) is 9.79. The molecule has 6 nitrogen and oxygen atoms in total. The van der Waals surface area contributed by atoms with Crippen LogP contribution in [0.3, 0.4) is 0 Å². The molecule has 1 N–H and O–H groups in total. The van der Waals surface area contributed by atoms with E-state index in [9.17, 15) is 10.1 Å². The summed E-state index contributed by atoms with van der Waals surface area (Å²) >= 11 is 0. The molecule has 6 heteroatoms. The van der Waals surface area contributed by atoms with Crippen molar-refractivity contribution in [3.05, 3.63) is 24.3 Å². The van der Waals surface area contributed by atoms with Gasteiger partial charge < -0.3 is 19.4 Å². The number of carbonyl (C=O) groups excluding carboxylic acids is 1.